The molecule has 0 amide bonds. The van der Waals surface area contributed by atoms with Crippen molar-refractivity contribution < 1.29 is 28.9 Å². The summed E-state index contributed by atoms with van der Waals surface area (Å²) in [5.74, 6) is -1.31. The smallest absolute Gasteiger partial charge is 0.286 e. The van der Waals surface area contributed by atoms with Crippen LogP contribution in [-0.4, -0.2) is 24.9 Å². The van der Waals surface area contributed by atoms with Crippen molar-refractivity contribution in [2.75, 3.05) is 5.75 Å². The van der Waals surface area contributed by atoms with Crippen molar-refractivity contribution in [1.82, 2.24) is 0 Å². The molecule has 1 rings (SSSR count). The summed E-state index contributed by atoms with van der Waals surface area (Å²) in [6.07, 6.45) is -8.41. The maximum absolute atomic E-state index is 12.5. The summed E-state index contributed by atoms with van der Waals surface area (Å²) >= 11 is 0. The molecule has 0 aromatic rings. The van der Waals surface area contributed by atoms with Crippen LogP contribution >= 0.6 is 0 Å². The number of rotatable bonds is 4. The predicted octanol–water partition coefficient (Wildman–Crippen LogP) is 2.00. The molecule has 0 bridgehead atoms. The zero-order chi connectivity index (χ0) is 12.8. The van der Waals surface area contributed by atoms with Gasteiger partial charge in [-0.3, -0.25) is 4.55 Å². The lowest BCUT2D eigenvalue weighted by atomic mass is 10.0. The predicted molar refractivity (Wildman–Crippen MR) is 43.4 cm³/mol. The zero-order valence-electron chi connectivity index (χ0n) is 9.13. The second-order valence-electron chi connectivity index (χ2n) is 3.43. The average Bonchev–Trinajstić information content (AvgIpc) is 2.58. The van der Waals surface area contributed by atoms with Crippen molar-refractivity contribution in [1.29, 1.82) is 0 Å². The van der Waals surface area contributed by atoms with Crippen LogP contribution in [0.1, 0.15) is 28.4 Å². The molecule has 1 fully saturated rings. The van der Waals surface area contributed by atoms with Crippen molar-refractivity contribution in [2.24, 2.45) is 5.41 Å². The molecule has 0 atom stereocenters. The minimum absolute atomic E-state index is 0.193. The zero-order valence-corrected chi connectivity index (χ0v) is 7.95. The molecule has 0 aromatic heterocycles. The van der Waals surface area contributed by atoms with Crippen molar-refractivity contribution in [2.45, 2.75) is 31.8 Å². The minimum atomic E-state index is -4.61. The second kappa shape index (κ2) is 3.37. The van der Waals surface area contributed by atoms with Crippen molar-refractivity contribution in [3.05, 3.63) is 0 Å². The van der Waals surface area contributed by atoms with Gasteiger partial charge >= 0.3 is 6.18 Å². The lowest BCUT2D eigenvalue weighted by molar-refractivity contribution is -0.188. The van der Waals surface area contributed by atoms with Crippen LogP contribution in [0, 0.1) is 5.41 Å². The molecular formula is C7H11F3O3S. The average molecular weight is 234 g/mol. The number of alkyl halides is 3. The highest BCUT2D eigenvalue weighted by molar-refractivity contribution is 7.85. The Balaban J connectivity index is 2.74. The SMILES string of the molecule is [2H]C([2H])(CC1(C(F)(F)F)CC1)CS(=O)(=O)O. The maximum Gasteiger partial charge on any atom is 0.394 e. The first kappa shape index (κ1) is 8.96. The van der Waals surface area contributed by atoms with Gasteiger partial charge in [0.1, 0.15) is 0 Å². The fraction of sp³-hybridized carbons (Fsp3) is 1.00. The molecule has 0 heterocycles. The van der Waals surface area contributed by atoms with E-state index in [-0.39, 0.29) is 12.8 Å². The van der Waals surface area contributed by atoms with Gasteiger partial charge < -0.3 is 0 Å². The van der Waals surface area contributed by atoms with Crippen molar-refractivity contribution in [3.8, 4) is 0 Å². The number of hydrogen-bond donors (Lipinski definition) is 1. The summed E-state index contributed by atoms with van der Waals surface area (Å²) in [6, 6.07) is 0. The summed E-state index contributed by atoms with van der Waals surface area (Å²) in [5, 5.41) is 0. The molecule has 84 valence electrons. The highest BCUT2D eigenvalue weighted by Gasteiger charge is 2.62. The highest BCUT2D eigenvalue weighted by atomic mass is 32.2. The fourth-order valence-corrected chi connectivity index (χ4v) is 1.49. The quantitative estimate of drug-likeness (QED) is 0.757. The van der Waals surface area contributed by atoms with Crippen LogP contribution in [0.25, 0.3) is 0 Å². The highest BCUT2D eigenvalue weighted by Crippen LogP contribution is 2.60. The lowest BCUT2D eigenvalue weighted by Gasteiger charge is -2.18. The first-order valence-electron chi connectivity index (χ1n) is 4.89. The van der Waals surface area contributed by atoms with E-state index in [2.05, 4.69) is 0 Å². The third-order valence-corrected chi connectivity index (χ3v) is 2.77. The molecule has 1 saturated carbocycles. The largest absolute Gasteiger partial charge is 0.394 e. The number of halogens is 3. The van der Waals surface area contributed by atoms with E-state index in [1.165, 1.54) is 0 Å². The van der Waals surface area contributed by atoms with E-state index in [4.69, 9.17) is 7.29 Å². The first-order chi connectivity index (χ1) is 6.87. The molecule has 7 heteroatoms. The summed E-state index contributed by atoms with van der Waals surface area (Å²) in [5.41, 5.74) is -2.11. The Hall–Kier alpha value is -0.300. The third-order valence-electron chi connectivity index (χ3n) is 2.20. The van der Waals surface area contributed by atoms with Gasteiger partial charge in [0.25, 0.3) is 10.1 Å². The van der Waals surface area contributed by atoms with Gasteiger partial charge in [-0.05, 0) is 25.6 Å². The van der Waals surface area contributed by atoms with Gasteiger partial charge in [-0.15, -0.1) is 0 Å². The van der Waals surface area contributed by atoms with E-state index in [1.54, 1.807) is 0 Å². The Labute approximate surface area is 82.9 Å². The molecule has 1 aliphatic rings. The fourth-order valence-electron chi connectivity index (χ4n) is 1.13. The minimum Gasteiger partial charge on any atom is -0.286 e. The molecule has 0 saturated heterocycles. The van der Waals surface area contributed by atoms with Crippen LogP contribution in [0.2, 0.25) is 0 Å². The van der Waals surface area contributed by atoms with Gasteiger partial charge in [-0.2, -0.15) is 21.6 Å². The Bertz CT molecular complexity index is 373. The molecule has 1 aliphatic carbocycles. The van der Waals surface area contributed by atoms with Gasteiger partial charge in [0.05, 0.1) is 11.2 Å². The molecule has 14 heavy (non-hydrogen) atoms. The molecule has 0 aliphatic heterocycles. The summed E-state index contributed by atoms with van der Waals surface area (Å²) in [6.45, 7) is 0. The van der Waals surface area contributed by atoms with Crippen LogP contribution < -0.4 is 0 Å². The summed E-state index contributed by atoms with van der Waals surface area (Å²) in [7, 11) is -4.61. The van der Waals surface area contributed by atoms with Crippen molar-refractivity contribution >= 4 is 10.1 Å². The molecule has 3 nitrogen and oxygen atoms in total. The molecular weight excluding hydrogens is 221 g/mol. The van der Waals surface area contributed by atoms with Crippen molar-refractivity contribution in [3.63, 3.8) is 0 Å². The van der Waals surface area contributed by atoms with Crippen LogP contribution in [0.15, 0.2) is 0 Å². The molecule has 0 spiro atoms. The van der Waals surface area contributed by atoms with E-state index in [9.17, 15) is 21.6 Å². The first-order valence-corrected chi connectivity index (χ1v) is 5.50. The summed E-state index contributed by atoms with van der Waals surface area (Å²) in [4.78, 5) is 0. The number of hydrogen-bond acceptors (Lipinski definition) is 2. The van der Waals surface area contributed by atoms with Gasteiger partial charge in [0.15, 0.2) is 0 Å². The second-order valence-corrected chi connectivity index (χ2v) is 4.88. The third kappa shape index (κ3) is 2.84. The molecule has 1 N–H and O–H groups in total. The Morgan fingerprint density at radius 2 is 1.93 bits per heavy atom. The van der Waals surface area contributed by atoms with Crippen LogP contribution in [0.4, 0.5) is 13.2 Å². The Kier molecular flexibility index (Phi) is 2.16. The Morgan fingerprint density at radius 3 is 2.21 bits per heavy atom. The van der Waals surface area contributed by atoms with E-state index in [1.807, 2.05) is 0 Å². The molecule has 0 radical (unpaired) electrons. The topological polar surface area (TPSA) is 54.4 Å². The normalized spacial score (nSPS) is 24.0. The van der Waals surface area contributed by atoms with E-state index < -0.39 is 40.3 Å². The van der Waals surface area contributed by atoms with E-state index in [0.29, 0.717) is 0 Å². The van der Waals surface area contributed by atoms with Gasteiger partial charge in [-0.25, -0.2) is 0 Å². The van der Waals surface area contributed by atoms with E-state index >= 15 is 0 Å². The van der Waals surface area contributed by atoms with E-state index in [0.717, 1.165) is 0 Å². The van der Waals surface area contributed by atoms with Crippen LogP contribution in [0.3, 0.4) is 0 Å². The molecule has 0 unspecified atom stereocenters. The summed E-state index contributed by atoms with van der Waals surface area (Å²) < 4.78 is 81.1. The standard InChI is InChI=1S/C7H11F3O3S/c8-7(9,10)6(3-4-6)2-1-5-14(11,12)13/h1-5H2,(H,11,12,13)/i1D2. The van der Waals surface area contributed by atoms with Gasteiger partial charge in [0.2, 0.25) is 0 Å². The Morgan fingerprint density at radius 1 is 1.43 bits per heavy atom. The van der Waals surface area contributed by atoms with Gasteiger partial charge in [0, 0.05) is 2.74 Å². The van der Waals surface area contributed by atoms with Crippen LogP contribution in [-0.2, 0) is 10.1 Å². The van der Waals surface area contributed by atoms with Crippen LogP contribution in [0.5, 0.6) is 0 Å². The molecule has 0 aromatic carbocycles. The lowest BCUT2D eigenvalue weighted by Crippen LogP contribution is -2.25. The maximum atomic E-state index is 12.5. The van der Waals surface area contributed by atoms with Gasteiger partial charge in [-0.1, -0.05) is 0 Å². The monoisotopic (exact) mass is 234 g/mol.